The minimum atomic E-state index is -0.588. The van der Waals surface area contributed by atoms with E-state index in [2.05, 4.69) is 25.2 Å². The van der Waals surface area contributed by atoms with Gasteiger partial charge in [0.2, 0.25) is 5.95 Å². The molecular formula is C26H29N7O2. The standard InChI is InChI=1S/C26H29N7O2/c1-32(23-6-4-5-22-20(23)11-12-28-22)25-21(24(27)34)17-29-26(31-25)30-18-7-9-19(10-8-18)35-16-15-33-13-2-3-14-33/h4-12,17,28H,2-3,13-16H2,1H3,(H2,27,34)(H,29,30,31). The maximum atomic E-state index is 12.1. The molecule has 3 heterocycles. The number of aromatic nitrogens is 3. The number of amides is 1. The summed E-state index contributed by atoms with van der Waals surface area (Å²) < 4.78 is 5.88. The van der Waals surface area contributed by atoms with E-state index in [0.717, 1.165) is 47.7 Å². The highest BCUT2D eigenvalue weighted by molar-refractivity contribution is 6.01. The van der Waals surface area contributed by atoms with Gasteiger partial charge in [-0.15, -0.1) is 0 Å². The number of rotatable bonds is 9. The van der Waals surface area contributed by atoms with Gasteiger partial charge in [0.25, 0.3) is 5.91 Å². The lowest BCUT2D eigenvalue weighted by molar-refractivity contribution is 0.1000. The van der Waals surface area contributed by atoms with E-state index in [1.807, 2.05) is 66.7 Å². The molecule has 0 radical (unpaired) electrons. The van der Waals surface area contributed by atoms with Crippen molar-refractivity contribution in [1.82, 2.24) is 19.9 Å². The van der Waals surface area contributed by atoms with E-state index in [-0.39, 0.29) is 5.56 Å². The maximum Gasteiger partial charge on any atom is 0.254 e. The van der Waals surface area contributed by atoms with Gasteiger partial charge in [0.1, 0.15) is 17.9 Å². The number of anilines is 4. The molecule has 9 heteroatoms. The Kier molecular flexibility index (Phi) is 6.49. The van der Waals surface area contributed by atoms with Crippen molar-refractivity contribution < 1.29 is 9.53 Å². The Balaban J connectivity index is 1.32. The number of carbonyl (C=O) groups excluding carboxylic acids is 1. The van der Waals surface area contributed by atoms with E-state index in [4.69, 9.17) is 10.5 Å². The van der Waals surface area contributed by atoms with Gasteiger partial charge >= 0.3 is 0 Å². The molecule has 0 atom stereocenters. The Hall–Kier alpha value is -4.11. The van der Waals surface area contributed by atoms with Crippen LogP contribution in [0.4, 0.5) is 23.1 Å². The van der Waals surface area contributed by atoms with Crippen molar-refractivity contribution in [3.05, 3.63) is 66.5 Å². The third-order valence-electron chi connectivity index (χ3n) is 6.27. The highest BCUT2D eigenvalue weighted by atomic mass is 16.5. The van der Waals surface area contributed by atoms with Crippen LogP contribution in [0.3, 0.4) is 0 Å². The molecule has 35 heavy (non-hydrogen) atoms. The Bertz CT molecular complexity index is 1310. The summed E-state index contributed by atoms with van der Waals surface area (Å²) in [5, 5.41) is 4.22. The van der Waals surface area contributed by atoms with Crippen LogP contribution >= 0.6 is 0 Å². The normalized spacial score (nSPS) is 13.7. The molecule has 2 aromatic heterocycles. The van der Waals surface area contributed by atoms with Crippen LogP contribution in [-0.2, 0) is 0 Å². The summed E-state index contributed by atoms with van der Waals surface area (Å²) in [6.07, 6.45) is 5.89. The maximum absolute atomic E-state index is 12.1. The van der Waals surface area contributed by atoms with Crippen LogP contribution in [0.5, 0.6) is 5.75 Å². The second kappa shape index (κ2) is 10.0. The Labute approximate surface area is 203 Å². The lowest BCUT2D eigenvalue weighted by atomic mass is 10.2. The molecule has 5 rings (SSSR count). The molecule has 1 saturated heterocycles. The number of nitrogens with one attached hydrogen (secondary N) is 2. The number of carbonyl (C=O) groups is 1. The molecule has 1 aliphatic rings. The summed E-state index contributed by atoms with van der Waals surface area (Å²) in [5.74, 6) is 1.01. The molecule has 4 N–H and O–H groups in total. The van der Waals surface area contributed by atoms with Crippen molar-refractivity contribution in [2.24, 2.45) is 5.73 Å². The Morgan fingerprint density at radius 3 is 2.74 bits per heavy atom. The fourth-order valence-corrected chi connectivity index (χ4v) is 4.40. The van der Waals surface area contributed by atoms with Crippen LogP contribution in [-0.4, -0.2) is 59.0 Å². The zero-order valence-electron chi connectivity index (χ0n) is 19.7. The molecule has 9 nitrogen and oxygen atoms in total. The first-order valence-electron chi connectivity index (χ1n) is 11.8. The molecule has 1 amide bonds. The summed E-state index contributed by atoms with van der Waals surface area (Å²) in [4.78, 5) is 28.5. The van der Waals surface area contributed by atoms with Gasteiger partial charge in [-0.3, -0.25) is 9.69 Å². The summed E-state index contributed by atoms with van der Waals surface area (Å²) in [5.41, 5.74) is 8.57. The number of fused-ring (bicyclic) bond motifs is 1. The number of benzene rings is 2. The average Bonchev–Trinajstić information content (AvgIpc) is 3.56. The number of likely N-dealkylation sites (tertiary alicyclic amines) is 1. The first kappa shape index (κ1) is 22.7. The molecule has 180 valence electrons. The SMILES string of the molecule is CN(c1nc(Nc2ccc(OCCN3CCCC3)cc2)ncc1C(N)=O)c1cccc2[nH]ccc12. The third-order valence-corrected chi connectivity index (χ3v) is 6.27. The minimum absolute atomic E-state index is 0.243. The fraction of sp³-hybridized carbons (Fsp3) is 0.269. The van der Waals surface area contributed by atoms with E-state index >= 15 is 0 Å². The van der Waals surface area contributed by atoms with Gasteiger partial charge in [-0.05, 0) is 68.4 Å². The quantitative estimate of drug-likeness (QED) is 0.338. The minimum Gasteiger partial charge on any atom is -0.492 e. The van der Waals surface area contributed by atoms with Crippen LogP contribution < -0.4 is 20.7 Å². The number of hydrogen-bond donors (Lipinski definition) is 3. The van der Waals surface area contributed by atoms with E-state index in [0.29, 0.717) is 18.4 Å². The molecule has 1 fully saturated rings. The molecule has 0 aliphatic carbocycles. The van der Waals surface area contributed by atoms with E-state index in [9.17, 15) is 4.79 Å². The predicted molar refractivity (Wildman–Crippen MR) is 138 cm³/mol. The van der Waals surface area contributed by atoms with Gasteiger partial charge in [0.15, 0.2) is 5.82 Å². The first-order valence-corrected chi connectivity index (χ1v) is 11.8. The summed E-state index contributed by atoms with van der Waals surface area (Å²) >= 11 is 0. The van der Waals surface area contributed by atoms with E-state index < -0.39 is 5.91 Å². The van der Waals surface area contributed by atoms with Crippen molar-refractivity contribution in [2.75, 3.05) is 43.5 Å². The zero-order chi connectivity index (χ0) is 24.2. The summed E-state index contributed by atoms with van der Waals surface area (Å²) in [6.45, 7) is 3.96. The van der Waals surface area contributed by atoms with Crippen molar-refractivity contribution in [1.29, 1.82) is 0 Å². The highest BCUT2D eigenvalue weighted by Crippen LogP contribution is 2.32. The molecule has 1 aliphatic heterocycles. The highest BCUT2D eigenvalue weighted by Gasteiger charge is 2.19. The smallest absolute Gasteiger partial charge is 0.254 e. The topological polar surface area (TPSA) is 112 Å². The molecular weight excluding hydrogens is 442 g/mol. The van der Waals surface area contributed by atoms with Gasteiger partial charge in [-0.2, -0.15) is 4.98 Å². The summed E-state index contributed by atoms with van der Waals surface area (Å²) in [6, 6.07) is 15.6. The number of aromatic amines is 1. The largest absolute Gasteiger partial charge is 0.492 e. The molecule has 2 aromatic carbocycles. The van der Waals surface area contributed by atoms with E-state index in [1.165, 1.54) is 19.0 Å². The predicted octanol–water partition coefficient (Wildman–Crippen LogP) is 4.04. The number of nitrogens with zero attached hydrogens (tertiary/aromatic N) is 4. The number of H-pyrrole nitrogens is 1. The van der Waals surface area contributed by atoms with Gasteiger partial charge < -0.3 is 25.7 Å². The van der Waals surface area contributed by atoms with Crippen LogP contribution in [0.25, 0.3) is 10.9 Å². The molecule has 0 unspecified atom stereocenters. The molecule has 0 spiro atoms. The Morgan fingerprint density at radius 2 is 1.97 bits per heavy atom. The van der Waals surface area contributed by atoms with Crippen LogP contribution in [0.2, 0.25) is 0 Å². The summed E-state index contributed by atoms with van der Waals surface area (Å²) in [7, 11) is 1.86. The van der Waals surface area contributed by atoms with Crippen LogP contribution in [0.1, 0.15) is 23.2 Å². The average molecular weight is 472 g/mol. The van der Waals surface area contributed by atoms with Gasteiger partial charge in [-0.25, -0.2) is 4.98 Å². The van der Waals surface area contributed by atoms with Crippen LogP contribution in [0.15, 0.2) is 60.9 Å². The second-order valence-electron chi connectivity index (χ2n) is 8.62. The van der Waals surface area contributed by atoms with Gasteiger partial charge in [-0.1, -0.05) is 6.07 Å². The van der Waals surface area contributed by atoms with Crippen molar-refractivity contribution in [2.45, 2.75) is 12.8 Å². The lowest BCUT2D eigenvalue weighted by Crippen LogP contribution is -2.25. The first-order chi connectivity index (χ1) is 17.1. The van der Waals surface area contributed by atoms with Gasteiger partial charge in [0.05, 0.1) is 5.69 Å². The van der Waals surface area contributed by atoms with Gasteiger partial charge in [0, 0.05) is 42.6 Å². The second-order valence-corrected chi connectivity index (χ2v) is 8.62. The van der Waals surface area contributed by atoms with Crippen molar-refractivity contribution in [3.8, 4) is 5.75 Å². The van der Waals surface area contributed by atoms with Crippen molar-refractivity contribution >= 4 is 40.0 Å². The van der Waals surface area contributed by atoms with Crippen LogP contribution in [0, 0.1) is 0 Å². The van der Waals surface area contributed by atoms with E-state index in [1.54, 1.807) is 0 Å². The van der Waals surface area contributed by atoms with Crippen molar-refractivity contribution in [3.63, 3.8) is 0 Å². The molecule has 0 bridgehead atoms. The number of primary amides is 1. The molecule has 0 saturated carbocycles. The number of ether oxygens (including phenoxy) is 1. The zero-order valence-corrected chi connectivity index (χ0v) is 19.7. The number of nitrogens with two attached hydrogens (primary N) is 1. The molecule has 4 aromatic rings. The number of hydrogen-bond acceptors (Lipinski definition) is 7. The Morgan fingerprint density at radius 1 is 1.17 bits per heavy atom. The third kappa shape index (κ3) is 5.04. The fourth-order valence-electron chi connectivity index (χ4n) is 4.40. The lowest BCUT2D eigenvalue weighted by Gasteiger charge is -2.22. The monoisotopic (exact) mass is 471 g/mol.